The summed E-state index contributed by atoms with van der Waals surface area (Å²) >= 11 is 0. The van der Waals surface area contributed by atoms with Crippen LogP contribution in [0.15, 0.2) is 64.0 Å². The molecule has 0 aliphatic carbocycles. The van der Waals surface area contributed by atoms with Gasteiger partial charge in [0.25, 0.3) is 11.5 Å². The number of hydrogen-bond acceptors (Lipinski definition) is 5. The van der Waals surface area contributed by atoms with Crippen LogP contribution in [0.3, 0.4) is 0 Å². The van der Waals surface area contributed by atoms with E-state index in [-0.39, 0.29) is 11.5 Å². The molecule has 7 nitrogen and oxygen atoms in total. The van der Waals surface area contributed by atoms with Crippen LogP contribution in [0.5, 0.6) is 5.75 Å². The van der Waals surface area contributed by atoms with E-state index in [9.17, 15) is 9.59 Å². The summed E-state index contributed by atoms with van der Waals surface area (Å²) < 4.78 is 11.9. The zero-order valence-corrected chi connectivity index (χ0v) is 15.4. The molecule has 140 valence electrons. The fourth-order valence-electron chi connectivity index (χ4n) is 2.55. The molecule has 1 aromatic carbocycles. The lowest BCUT2D eigenvalue weighted by Gasteiger charge is -2.25. The Kier molecular flexibility index (Phi) is 5.12. The van der Waals surface area contributed by atoms with Crippen molar-refractivity contribution >= 4 is 11.6 Å². The number of nitrogens with zero attached hydrogens (tertiary/aromatic N) is 2. The second-order valence-electron chi connectivity index (χ2n) is 6.42. The minimum Gasteiger partial charge on any atom is -0.494 e. The van der Waals surface area contributed by atoms with Gasteiger partial charge in [0, 0.05) is 11.8 Å². The summed E-state index contributed by atoms with van der Waals surface area (Å²) in [5.74, 6) is 0.878. The van der Waals surface area contributed by atoms with Crippen LogP contribution in [0.25, 0.3) is 11.5 Å². The highest BCUT2D eigenvalue weighted by molar-refractivity contribution is 5.96. The molecule has 0 fully saturated rings. The van der Waals surface area contributed by atoms with Crippen LogP contribution in [0.4, 0.5) is 5.69 Å². The standard InChI is InChI=1S/C20H21N3O4/c1-4-26-15-9-7-14(8-10-15)21-19(25)20(2,3)23-18(24)12-11-16(22-23)17-6-5-13-27-17/h5-13H,4H2,1-3H3,(H,21,25). The molecule has 1 N–H and O–H groups in total. The van der Waals surface area contributed by atoms with E-state index in [4.69, 9.17) is 9.15 Å². The summed E-state index contributed by atoms with van der Waals surface area (Å²) in [6.07, 6.45) is 1.52. The normalized spacial score (nSPS) is 11.2. The third-order valence-electron chi connectivity index (χ3n) is 4.08. The van der Waals surface area contributed by atoms with Crippen molar-refractivity contribution in [2.24, 2.45) is 0 Å². The van der Waals surface area contributed by atoms with Gasteiger partial charge >= 0.3 is 0 Å². The van der Waals surface area contributed by atoms with Gasteiger partial charge < -0.3 is 14.5 Å². The zero-order chi connectivity index (χ0) is 19.4. The van der Waals surface area contributed by atoms with Gasteiger partial charge in [-0.05, 0) is 63.2 Å². The van der Waals surface area contributed by atoms with Gasteiger partial charge in [-0.1, -0.05) is 0 Å². The van der Waals surface area contributed by atoms with E-state index < -0.39 is 5.54 Å². The Labute approximate surface area is 156 Å². The van der Waals surface area contributed by atoms with Crippen LogP contribution < -0.4 is 15.6 Å². The Morgan fingerprint density at radius 2 is 1.93 bits per heavy atom. The number of carbonyl (C=O) groups is 1. The topological polar surface area (TPSA) is 86.4 Å². The van der Waals surface area contributed by atoms with E-state index in [2.05, 4.69) is 10.4 Å². The molecular weight excluding hydrogens is 346 g/mol. The van der Waals surface area contributed by atoms with E-state index in [0.717, 1.165) is 10.4 Å². The first kappa shape index (κ1) is 18.4. The molecule has 27 heavy (non-hydrogen) atoms. The third-order valence-corrected chi connectivity index (χ3v) is 4.08. The van der Waals surface area contributed by atoms with Gasteiger partial charge in [-0.3, -0.25) is 9.59 Å². The van der Waals surface area contributed by atoms with Gasteiger partial charge in [0.1, 0.15) is 17.0 Å². The second-order valence-corrected chi connectivity index (χ2v) is 6.42. The molecule has 0 aliphatic rings. The molecule has 0 saturated carbocycles. The van der Waals surface area contributed by atoms with Gasteiger partial charge in [-0.25, -0.2) is 4.68 Å². The summed E-state index contributed by atoms with van der Waals surface area (Å²) in [5, 5.41) is 7.13. The van der Waals surface area contributed by atoms with Crippen molar-refractivity contribution in [2.45, 2.75) is 26.3 Å². The van der Waals surface area contributed by atoms with Crippen LogP contribution in [0, 0.1) is 0 Å². The highest BCUT2D eigenvalue weighted by Gasteiger charge is 2.32. The van der Waals surface area contributed by atoms with Crippen molar-refractivity contribution in [3.05, 3.63) is 65.1 Å². The fraction of sp³-hybridized carbons (Fsp3) is 0.250. The Hall–Kier alpha value is -3.35. The molecule has 0 radical (unpaired) electrons. The number of ether oxygens (including phenoxy) is 1. The Morgan fingerprint density at radius 1 is 1.19 bits per heavy atom. The largest absolute Gasteiger partial charge is 0.494 e. The molecule has 0 spiro atoms. The van der Waals surface area contributed by atoms with Crippen LogP contribution in [0.1, 0.15) is 20.8 Å². The molecular formula is C20H21N3O4. The molecule has 3 aromatic rings. The average molecular weight is 367 g/mol. The molecule has 7 heteroatoms. The molecule has 0 unspecified atom stereocenters. The number of aromatic nitrogens is 2. The Bertz CT molecular complexity index is 973. The molecule has 2 aromatic heterocycles. The summed E-state index contributed by atoms with van der Waals surface area (Å²) in [7, 11) is 0. The van der Waals surface area contributed by atoms with Gasteiger partial charge in [-0.15, -0.1) is 0 Å². The molecule has 2 heterocycles. The first-order chi connectivity index (χ1) is 12.9. The van der Waals surface area contributed by atoms with Gasteiger partial charge in [0.15, 0.2) is 5.76 Å². The molecule has 0 saturated heterocycles. The van der Waals surface area contributed by atoms with Crippen molar-refractivity contribution in [3.8, 4) is 17.2 Å². The first-order valence-electron chi connectivity index (χ1n) is 8.61. The van der Waals surface area contributed by atoms with E-state index in [0.29, 0.717) is 23.7 Å². The van der Waals surface area contributed by atoms with Crippen LogP contribution in [0.2, 0.25) is 0 Å². The minimum atomic E-state index is -1.21. The molecule has 0 bridgehead atoms. The predicted octanol–water partition coefficient (Wildman–Crippen LogP) is 3.28. The van der Waals surface area contributed by atoms with Crippen LogP contribution >= 0.6 is 0 Å². The smallest absolute Gasteiger partial charge is 0.267 e. The summed E-state index contributed by atoms with van der Waals surface area (Å²) in [6, 6.07) is 13.4. The summed E-state index contributed by atoms with van der Waals surface area (Å²) in [5.41, 5.74) is -0.511. The fourth-order valence-corrected chi connectivity index (χ4v) is 2.55. The Balaban J connectivity index is 1.85. The monoisotopic (exact) mass is 367 g/mol. The molecule has 1 amide bonds. The zero-order valence-electron chi connectivity index (χ0n) is 15.4. The maximum atomic E-state index is 12.8. The van der Waals surface area contributed by atoms with Gasteiger partial charge in [0.2, 0.25) is 0 Å². The number of hydrogen-bond donors (Lipinski definition) is 1. The number of furan rings is 1. The van der Waals surface area contributed by atoms with E-state index in [1.54, 1.807) is 56.3 Å². The SMILES string of the molecule is CCOc1ccc(NC(=O)C(C)(C)n2nc(-c3ccco3)ccc2=O)cc1. The van der Waals surface area contributed by atoms with E-state index in [1.165, 1.54) is 12.3 Å². The van der Waals surface area contributed by atoms with Crippen LogP contribution in [-0.4, -0.2) is 22.3 Å². The lowest BCUT2D eigenvalue weighted by atomic mass is 10.0. The lowest BCUT2D eigenvalue weighted by molar-refractivity contribution is -0.123. The number of anilines is 1. The Morgan fingerprint density at radius 3 is 2.56 bits per heavy atom. The number of benzene rings is 1. The van der Waals surface area contributed by atoms with Crippen molar-refractivity contribution in [2.75, 3.05) is 11.9 Å². The highest BCUT2D eigenvalue weighted by atomic mass is 16.5. The first-order valence-corrected chi connectivity index (χ1v) is 8.61. The van der Waals surface area contributed by atoms with Gasteiger partial charge in [-0.2, -0.15) is 5.10 Å². The summed E-state index contributed by atoms with van der Waals surface area (Å²) in [4.78, 5) is 25.2. The van der Waals surface area contributed by atoms with Crippen molar-refractivity contribution in [1.82, 2.24) is 9.78 Å². The number of rotatable bonds is 6. The highest BCUT2D eigenvalue weighted by Crippen LogP contribution is 2.21. The van der Waals surface area contributed by atoms with E-state index in [1.807, 2.05) is 6.92 Å². The average Bonchev–Trinajstić information content (AvgIpc) is 3.18. The maximum absolute atomic E-state index is 12.8. The number of nitrogens with one attached hydrogen (secondary N) is 1. The number of amides is 1. The maximum Gasteiger partial charge on any atom is 0.267 e. The summed E-state index contributed by atoms with van der Waals surface area (Å²) in [6.45, 7) is 5.74. The molecule has 0 aliphatic heterocycles. The van der Waals surface area contributed by atoms with Crippen molar-refractivity contribution in [3.63, 3.8) is 0 Å². The van der Waals surface area contributed by atoms with E-state index >= 15 is 0 Å². The second kappa shape index (κ2) is 7.49. The third kappa shape index (κ3) is 3.92. The lowest BCUT2D eigenvalue weighted by Crippen LogP contribution is -2.47. The molecule has 0 atom stereocenters. The number of carbonyl (C=O) groups excluding carboxylic acids is 1. The van der Waals surface area contributed by atoms with Gasteiger partial charge in [0.05, 0.1) is 12.9 Å². The van der Waals surface area contributed by atoms with Crippen molar-refractivity contribution < 1.29 is 13.9 Å². The minimum absolute atomic E-state index is 0.363. The van der Waals surface area contributed by atoms with Crippen LogP contribution in [-0.2, 0) is 10.3 Å². The van der Waals surface area contributed by atoms with Crippen molar-refractivity contribution in [1.29, 1.82) is 0 Å². The predicted molar refractivity (Wildman–Crippen MR) is 102 cm³/mol. The quantitative estimate of drug-likeness (QED) is 0.722. The molecule has 3 rings (SSSR count).